The number of ketones is 1. The smallest absolute Gasteiger partial charge is 0.251 e. The van der Waals surface area contributed by atoms with E-state index in [2.05, 4.69) is 54.3 Å². The third-order valence-electron chi connectivity index (χ3n) is 6.58. The van der Waals surface area contributed by atoms with Gasteiger partial charge in [-0.2, -0.15) is 0 Å². The van der Waals surface area contributed by atoms with Crippen LogP contribution in [0.3, 0.4) is 0 Å². The van der Waals surface area contributed by atoms with Gasteiger partial charge in [-0.1, -0.05) is 42.0 Å². The predicted octanol–water partition coefficient (Wildman–Crippen LogP) is 6.73. The molecule has 38 heavy (non-hydrogen) atoms. The Labute approximate surface area is 236 Å². The molecule has 6 rings (SSSR count). The van der Waals surface area contributed by atoms with Gasteiger partial charge in [-0.3, -0.25) is 9.59 Å². The number of carbonyl (C=O) groups excluding carboxylic acids is 2. The summed E-state index contributed by atoms with van der Waals surface area (Å²) in [5, 5.41) is 5.13. The van der Waals surface area contributed by atoms with E-state index in [0.717, 1.165) is 31.0 Å². The zero-order chi connectivity index (χ0) is 26.4. The molecule has 4 aromatic rings. The molecule has 0 radical (unpaired) electrons. The molecular weight excluding hydrogens is 610 g/mol. The monoisotopic (exact) mass is 629 g/mol. The maximum absolute atomic E-state index is 13.3. The van der Waals surface area contributed by atoms with Gasteiger partial charge in [0.1, 0.15) is 11.9 Å². The van der Waals surface area contributed by atoms with Gasteiger partial charge in [-0.15, -0.1) is 0 Å². The number of nitrogens with zero attached hydrogens (tertiary/aromatic N) is 2. The van der Waals surface area contributed by atoms with E-state index in [0.29, 0.717) is 28.3 Å². The molecule has 0 unspecified atom stereocenters. The van der Waals surface area contributed by atoms with E-state index in [9.17, 15) is 9.59 Å². The third-order valence-corrected chi connectivity index (χ3v) is 7.60. The normalized spacial score (nSPS) is 16.2. The molecule has 1 atom stereocenters. The Morgan fingerprint density at radius 3 is 2.71 bits per heavy atom. The average Bonchev–Trinajstić information content (AvgIpc) is 2.91. The number of aryl methyl sites for hydroxylation is 1. The fourth-order valence-electron chi connectivity index (χ4n) is 4.68. The molecule has 6 nitrogen and oxygen atoms in total. The number of hydrogen-bond donors (Lipinski definition) is 1. The fraction of sp³-hybridized carbons (Fsp3) is 0.100. The van der Waals surface area contributed by atoms with Gasteiger partial charge in [0.05, 0.1) is 22.2 Å². The average molecular weight is 631 g/mol. The molecule has 0 fully saturated rings. The number of fused-ring (bicyclic) bond motifs is 3. The molecule has 3 heterocycles. The quantitative estimate of drug-likeness (QED) is 0.271. The van der Waals surface area contributed by atoms with Gasteiger partial charge in [0.25, 0.3) is 5.91 Å². The van der Waals surface area contributed by atoms with Crippen LogP contribution in [0.25, 0.3) is 10.8 Å². The van der Waals surface area contributed by atoms with Crippen LogP contribution in [0, 0.1) is 6.92 Å². The van der Waals surface area contributed by atoms with Crippen molar-refractivity contribution >= 4 is 60.1 Å². The van der Waals surface area contributed by atoms with Crippen LogP contribution in [0.15, 0.2) is 105 Å². The Morgan fingerprint density at radius 1 is 1.05 bits per heavy atom. The highest BCUT2D eigenvalue weighted by atomic mass is 79.9. The van der Waals surface area contributed by atoms with Gasteiger partial charge < -0.3 is 15.0 Å². The Hall–Kier alpha value is -3.75. The van der Waals surface area contributed by atoms with Crippen LogP contribution < -0.4 is 15.0 Å². The van der Waals surface area contributed by atoms with Gasteiger partial charge in [0, 0.05) is 28.1 Å². The van der Waals surface area contributed by atoms with Crippen LogP contribution in [-0.4, -0.2) is 29.3 Å². The lowest BCUT2D eigenvalue weighted by molar-refractivity contribution is 0.0951. The molecule has 0 saturated heterocycles. The second-order valence-electron chi connectivity index (χ2n) is 9.18. The van der Waals surface area contributed by atoms with E-state index < -0.39 is 6.10 Å². The van der Waals surface area contributed by atoms with Crippen molar-refractivity contribution in [2.45, 2.75) is 13.0 Å². The van der Waals surface area contributed by atoms with Crippen molar-refractivity contribution in [3.63, 3.8) is 0 Å². The number of Topliss-reactive ketones (excluding diaryl/α,β-unsaturated/α-hetero) is 1. The number of carbonyl (C=O) groups is 2. The number of nitrogens with one attached hydrogen (secondary N) is 1. The maximum atomic E-state index is 13.3. The summed E-state index contributed by atoms with van der Waals surface area (Å²) in [6, 6.07) is 20.9. The minimum Gasteiger partial charge on any atom is -0.481 e. The topological polar surface area (TPSA) is 71.5 Å². The molecule has 0 spiro atoms. The summed E-state index contributed by atoms with van der Waals surface area (Å²) in [6.07, 6.45) is 4.73. The van der Waals surface area contributed by atoms with Gasteiger partial charge in [-0.25, -0.2) is 4.98 Å². The van der Waals surface area contributed by atoms with E-state index in [1.165, 1.54) is 0 Å². The molecule has 0 aliphatic carbocycles. The van der Waals surface area contributed by atoms with Crippen LogP contribution >= 0.6 is 31.9 Å². The Morgan fingerprint density at radius 2 is 1.87 bits per heavy atom. The highest BCUT2D eigenvalue weighted by Gasteiger charge is 2.35. The molecule has 0 bridgehead atoms. The largest absolute Gasteiger partial charge is 0.481 e. The number of anilines is 1. The lowest BCUT2D eigenvalue weighted by Gasteiger charge is -2.34. The SMILES string of the molecule is Cc1ccc2ccc(C(=O)NCC3=C[C@@H]4Oc5ccccc5C(=O)C4=CN3c3ncc(Br)cc3Br)cc2c1. The number of aromatic nitrogens is 1. The molecule has 1 N–H and O–H groups in total. The van der Waals surface area contributed by atoms with Crippen molar-refractivity contribution in [3.05, 3.63) is 122 Å². The zero-order valence-electron chi connectivity index (χ0n) is 20.2. The molecule has 188 valence electrons. The first kappa shape index (κ1) is 24.6. The standard InChI is InChI=1S/C30H21Br2N3O3/c1-17-6-7-18-8-9-19(11-20(18)10-17)30(37)34-15-22-13-27-24(28(36)23-4-2-3-5-26(23)38-27)16-35(22)29-25(32)12-21(31)14-33-29/h2-14,16,27H,15H2,1H3,(H,34,37)/t27-/m0/s1. The zero-order valence-corrected chi connectivity index (χ0v) is 23.4. The number of pyridine rings is 1. The van der Waals surface area contributed by atoms with Gasteiger partial charge in [0.15, 0.2) is 11.6 Å². The molecule has 2 aliphatic rings. The number of para-hydroxylation sites is 1. The van der Waals surface area contributed by atoms with E-state index in [-0.39, 0.29) is 18.2 Å². The molecule has 1 amide bonds. The van der Waals surface area contributed by atoms with Crippen LogP contribution in [0.4, 0.5) is 5.82 Å². The lowest BCUT2D eigenvalue weighted by atomic mass is 9.93. The first-order valence-corrected chi connectivity index (χ1v) is 13.6. The third kappa shape index (κ3) is 4.54. The summed E-state index contributed by atoms with van der Waals surface area (Å²) in [5.74, 6) is 0.841. The van der Waals surface area contributed by atoms with Crippen LogP contribution in [-0.2, 0) is 0 Å². The van der Waals surface area contributed by atoms with Gasteiger partial charge in [-0.05, 0) is 86.0 Å². The van der Waals surface area contributed by atoms with Crippen molar-refractivity contribution in [2.24, 2.45) is 0 Å². The maximum Gasteiger partial charge on any atom is 0.251 e. The number of benzene rings is 3. The number of ether oxygens (including phenoxy) is 1. The second kappa shape index (κ2) is 9.85. The Balaban J connectivity index is 1.33. The predicted molar refractivity (Wildman–Crippen MR) is 154 cm³/mol. The van der Waals surface area contributed by atoms with E-state index in [1.807, 2.05) is 60.4 Å². The van der Waals surface area contributed by atoms with E-state index >= 15 is 0 Å². The molecule has 1 aromatic heterocycles. The summed E-state index contributed by atoms with van der Waals surface area (Å²) in [6.45, 7) is 2.23. The minimum absolute atomic E-state index is 0.0964. The highest BCUT2D eigenvalue weighted by molar-refractivity contribution is 9.11. The number of hydrogen-bond acceptors (Lipinski definition) is 5. The molecular formula is C30H21Br2N3O3. The van der Waals surface area contributed by atoms with Crippen molar-refractivity contribution in [3.8, 4) is 5.75 Å². The molecule has 3 aromatic carbocycles. The minimum atomic E-state index is -0.571. The lowest BCUT2D eigenvalue weighted by Crippen LogP contribution is -2.39. The van der Waals surface area contributed by atoms with Crippen molar-refractivity contribution in [1.29, 1.82) is 0 Å². The number of rotatable bonds is 4. The van der Waals surface area contributed by atoms with Crippen LogP contribution in [0.2, 0.25) is 0 Å². The summed E-state index contributed by atoms with van der Waals surface area (Å²) < 4.78 is 7.72. The van der Waals surface area contributed by atoms with E-state index in [1.54, 1.807) is 24.5 Å². The fourth-order valence-corrected chi connectivity index (χ4v) is 5.86. The van der Waals surface area contributed by atoms with Gasteiger partial charge >= 0.3 is 0 Å². The highest BCUT2D eigenvalue weighted by Crippen LogP contribution is 2.37. The van der Waals surface area contributed by atoms with Crippen LogP contribution in [0.5, 0.6) is 5.75 Å². The summed E-state index contributed by atoms with van der Waals surface area (Å²) in [7, 11) is 0. The van der Waals surface area contributed by atoms with Crippen LogP contribution in [0.1, 0.15) is 26.3 Å². The van der Waals surface area contributed by atoms with Crippen molar-refractivity contribution in [2.75, 3.05) is 11.4 Å². The van der Waals surface area contributed by atoms with Crippen molar-refractivity contribution < 1.29 is 14.3 Å². The number of halogens is 2. The summed E-state index contributed by atoms with van der Waals surface area (Å²) in [5.41, 5.74) is 3.46. The molecule has 8 heteroatoms. The summed E-state index contributed by atoms with van der Waals surface area (Å²) >= 11 is 7.03. The molecule has 0 saturated carbocycles. The first-order valence-electron chi connectivity index (χ1n) is 12.0. The van der Waals surface area contributed by atoms with E-state index in [4.69, 9.17) is 4.74 Å². The number of amides is 1. The Bertz CT molecular complexity index is 1700. The van der Waals surface area contributed by atoms with Gasteiger partial charge in [0.2, 0.25) is 0 Å². The summed E-state index contributed by atoms with van der Waals surface area (Å²) in [4.78, 5) is 32.9. The first-order chi connectivity index (χ1) is 18.4. The molecule has 2 aliphatic heterocycles. The van der Waals surface area contributed by atoms with Crippen molar-refractivity contribution in [1.82, 2.24) is 10.3 Å². The Kier molecular flexibility index (Phi) is 6.37. The second-order valence-corrected chi connectivity index (χ2v) is 11.0.